The number of rotatable bonds is 1. The van der Waals surface area contributed by atoms with Crippen LogP contribution in [0.15, 0.2) is 18.2 Å². The summed E-state index contributed by atoms with van der Waals surface area (Å²) in [6.07, 6.45) is 2.23. The number of aromatic nitrogens is 1. The molecule has 0 bridgehead atoms. The van der Waals surface area contributed by atoms with E-state index in [0.29, 0.717) is 6.42 Å². The second kappa shape index (κ2) is 4.37. The Kier molecular flexibility index (Phi) is 2.89. The number of aromatic amines is 1. The summed E-state index contributed by atoms with van der Waals surface area (Å²) < 4.78 is 0. The molecule has 1 aromatic heterocycles. The molecule has 1 heterocycles. The maximum Gasteiger partial charge on any atom is 0.306 e. The van der Waals surface area contributed by atoms with E-state index in [1.54, 1.807) is 0 Å². The average molecular weight is 271 g/mol. The van der Waals surface area contributed by atoms with Crippen LogP contribution in [0.5, 0.6) is 0 Å². The number of nitrogens with one attached hydrogen (secondary N) is 1. The van der Waals surface area contributed by atoms with Crippen LogP contribution in [-0.4, -0.2) is 16.1 Å². The normalized spacial score (nSPS) is 19.1. The molecule has 3 heteroatoms. The average Bonchev–Trinajstić information content (AvgIpc) is 2.74. The molecule has 1 unspecified atom stereocenters. The number of benzene rings is 1. The summed E-state index contributed by atoms with van der Waals surface area (Å²) in [7, 11) is 0. The molecule has 0 amide bonds. The van der Waals surface area contributed by atoms with Crippen molar-refractivity contribution < 1.29 is 9.90 Å². The van der Waals surface area contributed by atoms with Gasteiger partial charge in [0.1, 0.15) is 0 Å². The molecule has 3 rings (SSSR count). The number of aliphatic carboxylic acids is 1. The molecule has 0 saturated heterocycles. The zero-order valence-corrected chi connectivity index (χ0v) is 12.3. The van der Waals surface area contributed by atoms with E-state index in [4.69, 9.17) is 0 Å². The summed E-state index contributed by atoms with van der Waals surface area (Å²) in [4.78, 5) is 14.7. The molecule has 20 heavy (non-hydrogen) atoms. The minimum absolute atomic E-state index is 0.110. The van der Waals surface area contributed by atoms with E-state index in [-0.39, 0.29) is 11.3 Å². The monoisotopic (exact) mass is 271 g/mol. The Labute approximate surface area is 119 Å². The van der Waals surface area contributed by atoms with Gasteiger partial charge < -0.3 is 10.1 Å². The molecule has 2 N–H and O–H groups in total. The molecule has 2 aromatic rings. The predicted octanol–water partition coefficient (Wildman–Crippen LogP) is 3.65. The van der Waals surface area contributed by atoms with Gasteiger partial charge in [-0.15, -0.1) is 0 Å². The first-order chi connectivity index (χ1) is 9.36. The lowest BCUT2D eigenvalue weighted by molar-refractivity contribution is -0.142. The lowest BCUT2D eigenvalue weighted by Crippen LogP contribution is -2.21. The van der Waals surface area contributed by atoms with E-state index in [2.05, 4.69) is 44.0 Å². The fraction of sp³-hybridized carbons (Fsp3) is 0.471. The maximum absolute atomic E-state index is 11.2. The van der Waals surface area contributed by atoms with Crippen molar-refractivity contribution in [2.75, 3.05) is 0 Å². The molecule has 1 aliphatic rings. The van der Waals surface area contributed by atoms with Crippen molar-refractivity contribution in [3.63, 3.8) is 0 Å². The minimum atomic E-state index is -0.669. The van der Waals surface area contributed by atoms with Crippen LogP contribution >= 0.6 is 0 Å². The van der Waals surface area contributed by atoms with Crippen LogP contribution in [-0.2, 0) is 23.1 Å². The van der Waals surface area contributed by atoms with Crippen LogP contribution in [0.4, 0.5) is 0 Å². The Morgan fingerprint density at radius 3 is 2.75 bits per heavy atom. The smallest absolute Gasteiger partial charge is 0.306 e. The lowest BCUT2D eigenvalue weighted by atomic mass is 9.83. The molecule has 0 spiro atoms. The van der Waals surface area contributed by atoms with Gasteiger partial charge in [0, 0.05) is 16.6 Å². The summed E-state index contributed by atoms with van der Waals surface area (Å²) in [5.74, 6) is -0.906. The first-order valence-electron chi connectivity index (χ1n) is 7.23. The van der Waals surface area contributed by atoms with Crippen LogP contribution in [0, 0.1) is 5.92 Å². The molecule has 1 atom stereocenters. The number of hydrogen-bond acceptors (Lipinski definition) is 1. The largest absolute Gasteiger partial charge is 0.481 e. The van der Waals surface area contributed by atoms with Gasteiger partial charge in [0.25, 0.3) is 0 Å². The number of carbonyl (C=O) groups is 1. The van der Waals surface area contributed by atoms with Crippen LogP contribution in [0.2, 0.25) is 0 Å². The summed E-state index contributed by atoms with van der Waals surface area (Å²) in [6, 6.07) is 6.53. The Morgan fingerprint density at radius 1 is 1.35 bits per heavy atom. The molecule has 106 valence electrons. The van der Waals surface area contributed by atoms with E-state index in [9.17, 15) is 9.90 Å². The van der Waals surface area contributed by atoms with Crippen molar-refractivity contribution in [3.8, 4) is 0 Å². The molecule has 0 fully saturated rings. The van der Waals surface area contributed by atoms with E-state index in [1.807, 2.05) is 0 Å². The molecule has 0 radical (unpaired) electrons. The Balaban J connectivity index is 2.11. The summed E-state index contributed by atoms with van der Waals surface area (Å²) in [5.41, 5.74) is 4.98. The van der Waals surface area contributed by atoms with Crippen LogP contribution in [0.1, 0.15) is 44.0 Å². The highest BCUT2D eigenvalue weighted by Gasteiger charge is 2.27. The van der Waals surface area contributed by atoms with Gasteiger partial charge in [0.05, 0.1) is 5.92 Å². The number of H-pyrrole nitrogens is 1. The van der Waals surface area contributed by atoms with Crippen molar-refractivity contribution >= 4 is 16.9 Å². The van der Waals surface area contributed by atoms with Crippen LogP contribution < -0.4 is 0 Å². The van der Waals surface area contributed by atoms with Gasteiger partial charge in [-0.1, -0.05) is 26.8 Å². The lowest BCUT2D eigenvalue weighted by Gasteiger charge is -2.20. The highest BCUT2D eigenvalue weighted by Crippen LogP contribution is 2.34. The maximum atomic E-state index is 11.2. The number of carboxylic acids is 1. The molecular formula is C17H21NO2. The predicted molar refractivity (Wildman–Crippen MR) is 80.1 cm³/mol. The topological polar surface area (TPSA) is 53.1 Å². The van der Waals surface area contributed by atoms with Gasteiger partial charge in [0.15, 0.2) is 0 Å². The first-order valence-corrected chi connectivity index (χ1v) is 7.23. The zero-order chi connectivity index (χ0) is 14.5. The summed E-state index contributed by atoms with van der Waals surface area (Å²) in [5, 5.41) is 10.5. The molecular weight excluding hydrogens is 250 g/mol. The van der Waals surface area contributed by atoms with E-state index >= 15 is 0 Å². The van der Waals surface area contributed by atoms with Gasteiger partial charge in [-0.25, -0.2) is 0 Å². The zero-order valence-electron chi connectivity index (χ0n) is 12.3. The second-order valence-corrected chi connectivity index (χ2v) is 6.87. The number of fused-ring (bicyclic) bond motifs is 3. The minimum Gasteiger partial charge on any atom is -0.481 e. The van der Waals surface area contributed by atoms with Crippen molar-refractivity contribution in [1.29, 1.82) is 0 Å². The number of carboxylic acid groups (broad SMARTS) is 1. The van der Waals surface area contributed by atoms with Gasteiger partial charge in [-0.05, 0) is 47.9 Å². The Bertz CT molecular complexity index is 676. The van der Waals surface area contributed by atoms with Gasteiger partial charge in [-0.3, -0.25) is 4.79 Å². The van der Waals surface area contributed by atoms with E-state index in [1.165, 1.54) is 22.2 Å². The van der Waals surface area contributed by atoms with Gasteiger partial charge in [0.2, 0.25) is 0 Å². The van der Waals surface area contributed by atoms with Crippen LogP contribution in [0.3, 0.4) is 0 Å². The summed E-state index contributed by atoms with van der Waals surface area (Å²) >= 11 is 0. The fourth-order valence-electron chi connectivity index (χ4n) is 3.09. The first kappa shape index (κ1) is 13.2. The van der Waals surface area contributed by atoms with Crippen molar-refractivity contribution in [3.05, 3.63) is 35.0 Å². The Hall–Kier alpha value is -1.77. The van der Waals surface area contributed by atoms with E-state index in [0.717, 1.165) is 18.4 Å². The second-order valence-electron chi connectivity index (χ2n) is 6.87. The molecule has 1 aliphatic carbocycles. The van der Waals surface area contributed by atoms with Crippen molar-refractivity contribution in [2.24, 2.45) is 5.92 Å². The van der Waals surface area contributed by atoms with Crippen molar-refractivity contribution in [1.82, 2.24) is 4.98 Å². The third kappa shape index (κ3) is 2.11. The highest BCUT2D eigenvalue weighted by atomic mass is 16.4. The molecule has 0 aliphatic heterocycles. The molecule has 3 nitrogen and oxygen atoms in total. The number of aryl methyl sites for hydroxylation is 1. The van der Waals surface area contributed by atoms with Gasteiger partial charge in [-0.2, -0.15) is 0 Å². The standard InChI is InChI=1S/C17H21NO2/c1-17(2,3)11-5-7-15-13(9-11)12-8-10(16(19)20)4-6-14(12)18-15/h5,7,9-10,18H,4,6,8H2,1-3H3,(H,19,20). The molecule has 1 aromatic carbocycles. The van der Waals surface area contributed by atoms with Crippen LogP contribution in [0.25, 0.3) is 10.9 Å². The highest BCUT2D eigenvalue weighted by molar-refractivity contribution is 5.86. The quantitative estimate of drug-likeness (QED) is 0.831. The van der Waals surface area contributed by atoms with Crippen molar-refractivity contribution in [2.45, 2.75) is 45.4 Å². The van der Waals surface area contributed by atoms with Gasteiger partial charge >= 0.3 is 5.97 Å². The van der Waals surface area contributed by atoms with E-state index < -0.39 is 5.97 Å². The summed E-state index contributed by atoms with van der Waals surface area (Å²) in [6.45, 7) is 6.61. The Morgan fingerprint density at radius 2 is 2.10 bits per heavy atom. The SMILES string of the molecule is CC(C)(C)c1ccc2[nH]c3c(c2c1)CC(C(=O)O)CC3. The third-order valence-electron chi connectivity index (χ3n) is 4.40. The number of hydrogen-bond donors (Lipinski definition) is 2. The molecule has 0 saturated carbocycles. The fourth-order valence-corrected chi connectivity index (χ4v) is 3.09. The third-order valence-corrected chi connectivity index (χ3v) is 4.40.